The molecule has 7 heteroatoms. The van der Waals surface area contributed by atoms with E-state index in [0.29, 0.717) is 11.0 Å². The molecular formula is C13H18N4O2S. The second-order valence-corrected chi connectivity index (χ2v) is 5.13. The third kappa shape index (κ3) is 3.23. The van der Waals surface area contributed by atoms with Gasteiger partial charge in [-0.2, -0.15) is 0 Å². The average molecular weight is 294 g/mol. The number of thioether (sulfide) groups is 1. The molecule has 0 aliphatic carbocycles. The molecule has 1 heterocycles. The molecule has 2 aromatic rings. The smallest absolute Gasteiger partial charge is 0.210 e. The third-order valence-corrected chi connectivity index (χ3v) is 3.77. The standard InChI is InChI=1S/C13H18N4O2S/c1-18-8-5-9-20-13-16-15-12(17(13)14)10-6-3-4-7-11(10)19-2/h3-4,6-7H,5,8-9,14H2,1-2H3. The molecule has 2 rings (SSSR count). The van der Waals surface area contributed by atoms with E-state index in [1.807, 2.05) is 24.3 Å². The number of rotatable bonds is 7. The van der Waals surface area contributed by atoms with E-state index in [2.05, 4.69) is 10.2 Å². The van der Waals surface area contributed by atoms with Crippen LogP contribution >= 0.6 is 11.8 Å². The van der Waals surface area contributed by atoms with E-state index in [9.17, 15) is 0 Å². The predicted octanol–water partition coefficient (Wildman–Crippen LogP) is 1.80. The Morgan fingerprint density at radius 3 is 2.80 bits per heavy atom. The Hall–Kier alpha value is -1.73. The van der Waals surface area contributed by atoms with Crippen LogP contribution in [0.3, 0.4) is 0 Å². The first-order valence-corrected chi connectivity index (χ1v) is 7.22. The fraction of sp³-hybridized carbons (Fsp3) is 0.385. The van der Waals surface area contributed by atoms with Crippen molar-refractivity contribution in [2.24, 2.45) is 0 Å². The molecule has 0 bridgehead atoms. The maximum absolute atomic E-state index is 6.06. The largest absolute Gasteiger partial charge is 0.496 e. The van der Waals surface area contributed by atoms with E-state index in [-0.39, 0.29) is 0 Å². The second kappa shape index (κ2) is 7.16. The van der Waals surface area contributed by atoms with Crippen LogP contribution in [0, 0.1) is 0 Å². The van der Waals surface area contributed by atoms with E-state index in [0.717, 1.165) is 30.1 Å². The van der Waals surface area contributed by atoms with Gasteiger partial charge in [-0.15, -0.1) is 10.2 Å². The van der Waals surface area contributed by atoms with Crippen molar-refractivity contribution >= 4 is 11.8 Å². The van der Waals surface area contributed by atoms with Crippen LogP contribution in [0.5, 0.6) is 5.75 Å². The van der Waals surface area contributed by atoms with Crippen molar-refractivity contribution in [3.05, 3.63) is 24.3 Å². The van der Waals surface area contributed by atoms with Gasteiger partial charge in [0.25, 0.3) is 0 Å². The Bertz CT molecular complexity index is 559. The lowest BCUT2D eigenvalue weighted by molar-refractivity contribution is 0.200. The van der Waals surface area contributed by atoms with Crippen LogP contribution in [-0.2, 0) is 4.74 Å². The predicted molar refractivity (Wildman–Crippen MR) is 79.4 cm³/mol. The van der Waals surface area contributed by atoms with Crippen LogP contribution in [0.15, 0.2) is 29.4 Å². The van der Waals surface area contributed by atoms with Gasteiger partial charge >= 0.3 is 0 Å². The maximum atomic E-state index is 6.06. The van der Waals surface area contributed by atoms with Gasteiger partial charge in [-0.3, -0.25) is 0 Å². The SMILES string of the molecule is COCCCSc1nnc(-c2ccccc2OC)n1N. The average Bonchev–Trinajstić information content (AvgIpc) is 2.85. The van der Waals surface area contributed by atoms with Gasteiger partial charge in [0.2, 0.25) is 5.16 Å². The van der Waals surface area contributed by atoms with Crippen molar-refractivity contribution in [3.8, 4) is 17.1 Å². The summed E-state index contributed by atoms with van der Waals surface area (Å²) in [6.07, 6.45) is 0.942. The van der Waals surface area contributed by atoms with Crippen LogP contribution < -0.4 is 10.6 Å². The summed E-state index contributed by atoms with van der Waals surface area (Å²) in [5.41, 5.74) is 0.828. The van der Waals surface area contributed by atoms with Crippen LogP contribution in [-0.4, -0.2) is 41.5 Å². The second-order valence-electron chi connectivity index (χ2n) is 4.07. The normalized spacial score (nSPS) is 10.7. The first kappa shape index (κ1) is 14.7. The summed E-state index contributed by atoms with van der Waals surface area (Å²) in [5, 5.41) is 8.95. The molecule has 0 radical (unpaired) electrons. The summed E-state index contributed by atoms with van der Waals surface area (Å²) in [6.45, 7) is 0.727. The summed E-state index contributed by atoms with van der Waals surface area (Å²) in [5.74, 6) is 8.26. The number of nitrogens with two attached hydrogens (primary N) is 1. The van der Waals surface area contributed by atoms with Crippen molar-refractivity contribution in [1.82, 2.24) is 14.9 Å². The first-order chi connectivity index (χ1) is 9.77. The highest BCUT2D eigenvalue weighted by Gasteiger charge is 2.15. The number of benzene rings is 1. The highest BCUT2D eigenvalue weighted by Crippen LogP contribution is 2.29. The zero-order chi connectivity index (χ0) is 14.4. The minimum Gasteiger partial charge on any atom is -0.496 e. The minimum absolute atomic E-state index is 0.594. The van der Waals surface area contributed by atoms with Crippen LogP contribution in [0.25, 0.3) is 11.4 Å². The molecule has 0 atom stereocenters. The minimum atomic E-state index is 0.594. The fourth-order valence-corrected chi connectivity index (χ4v) is 2.52. The van der Waals surface area contributed by atoms with E-state index >= 15 is 0 Å². The molecule has 0 unspecified atom stereocenters. The monoisotopic (exact) mass is 294 g/mol. The molecule has 108 valence electrons. The molecule has 0 saturated heterocycles. The van der Waals surface area contributed by atoms with Gasteiger partial charge in [0.1, 0.15) is 5.75 Å². The van der Waals surface area contributed by atoms with E-state index in [1.165, 1.54) is 4.68 Å². The van der Waals surface area contributed by atoms with Crippen molar-refractivity contribution < 1.29 is 9.47 Å². The first-order valence-electron chi connectivity index (χ1n) is 6.23. The topological polar surface area (TPSA) is 75.2 Å². The fourth-order valence-electron chi connectivity index (χ4n) is 1.76. The number of aromatic nitrogens is 3. The Morgan fingerprint density at radius 1 is 1.25 bits per heavy atom. The summed E-state index contributed by atoms with van der Waals surface area (Å²) in [4.78, 5) is 0. The summed E-state index contributed by atoms with van der Waals surface area (Å²) in [6, 6.07) is 7.60. The van der Waals surface area contributed by atoms with Gasteiger partial charge in [-0.25, -0.2) is 4.68 Å². The Kier molecular flexibility index (Phi) is 5.25. The van der Waals surface area contributed by atoms with Gasteiger partial charge in [0, 0.05) is 19.5 Å². The molecule has 6 nitrogen and oxygen atoms in total. The van der Waals surface area contributed by atoms with E-state index in [4.69, 9.17) is 15.3 Å². The molecule has 0 fully saturated rings. The Balaban J connectivity index is 2.16. The zero-order valence-corrected chi connectivity index (χ0v) is 12.4. The molecule has 0 saturated carbocycles. The molecule has 0 aliphatic rings. The Morgan fingerprint density at radius 2 is 2.05 bits per heavy atom. The number of hydrogen-bond donors (Lipinski definition) is 1. The van der Waals surface area contributed by atoms with Crippen LogP contribution in [0.2, 0.25) is 0 Å². The Labute approximate surface area is 122 Å². The molecule has 1 aromatic heterocycles. The number of nitrogen functional groups attached to an aromatic ring is 1. The summed E-state index contributed by atoms with van der Waals surface area (Å²) < 4.78 is 11.8. The van der Waals surface area contributed by atoms with Crippen LogP contribution in [0.4, 0.5) is 0 Å². The van der Waals surface area contributed by atoms with Gasteiger partial charge in [0.15, 0.2) is 5.82 Å². The molecule has 0 amide bonds. The number of hydrogen-bond acceptors (Lipinski definition) is 6. The quantitative estimate of drug-likeness (QED) is 0.477. The summed E-state index contributed by atoms with van der Waals surface area (Å²) >= 11 is 1.56. The zero-order valence-electron chi connectivity index (χ0n) is 11.6. The molecule has 20 heavy (non-hydrogen) atoms. The van der Waals surface area contributed by atoms with Gasteiger partial charge in [-0.1, -0.05) is 23.9 Å². The third-order valence-electron chi connectivity index (χ3n) is 2.74. The maximum Gasteiger partial charge on any atom is 0.210 e. The molecular weight excluding hydrogens is 276 g/mol. The number of ether oxygens (including phenoxy) is 2. The van der Waals surface area contributed by atoms with Crippen molar-refractivity contribution in [2.45, 2.75) is 11.6 Å². The highest BCUT2D eigenvalue weighted by atomic mass is 32.2. The highest BCUT2D eigenvalue weighted by molar-refractivity contribution is 7.99. The molecule has 0 aliphatic heterocycles. The van der Waals surface area contributed by atoms with E-state index in [1.54, 1.807) is 26.0 Å². The lowest BCUT2D eigenvalue weighted by Gasteiger charge is -2.07. The lowest BCUT2D eigenvalue weighted by Crippen LogP contribution is -2.12. The number of nitrogens with zero attached hydrogens (tertiary/aromatic N) is 3. The number of methoxy groups -OCH3 is 2. The van der Waals surface area contributed by atoms with E-state index < -0.39 is 0 Å². The van der Waals surface area contributed by atoms with Crippen molar-refractivity contribution in [1.29, 1.82) is 0 Å². The lowest BCUT2D eigenvalue weighted by atomic mass is 10.2. The molecule has 1 aromatic carbocycles. The van der Waals surface area contributed by atoms with Crippen molar-refractivity contribution in [2.75, 3.05) is 32.4 Å². The number of para-hydroxylation sites is 1. The summed E-state index contributed by atoms with van der Waals surface area (Å²) in [7, 11) is 3.31. The molecule has 2 N–H and O–H groups in total. The molecule has 0 spiro atoms. The van der Waals surface area contributed by atoms with Crippen molar-refractivity contribution in [3.63, 3.8) is 0 Å². The van der Waals surface area contributed by atoms with Crippen LogP contribution in [0.1, 0.15) is 6.42 Å². The van der Waals surface area contributed by atoms with Gasteiger partial charge < -0.3 is 15.3 Å². The van der Waals surface area contributed by atoms with Gasteiger partial charge in [0.05, 0.1) is 12.7 Å². The van der Waals surface area contributed by atoms with Gasteiger partial charge in [-0.05, 0) is 18.6 Å².